The Balaban J connectivity index is 2.60. The van der Waals surface area contributed by atoms with Gasteiger partial charge in [0.15, 0.2) is 0 Å². The van der Waals surface area contributed by atoms with Crippen LogP contribution in [0.2, 0.25) is 0 Å². The summed E-state index contributed by atoms with van der Waals surface area (Å²) in [6, 6.07) is 2.35. The highest BCUT2D eigenvalue weighted by atomic mass is 19.1. The second kappa shape index (κ2) is 6.52. The Labute approximate surface area is 131 Å². The van der Waals surface area contributed by atoms with Gasteiger partial charge < -0.3 is 4.74 Å². The van der Waals surface area contributed by atoms with E-state index in [1.165, 1.54) is 6.92 Å². The molecule has 6 nitrogen and oxygen atoms in total. The average molecular weight is 321 g/mol. The summed E-state index contributed by atoms with van der Waals surface area (Å²) < 4.78 is 31.8. The van der Waals surface area contributed by atoms with Gasteiger partial charge in [-0.25, -0.2) is 28.3 Å². The Morgan fingerprint density at radius 2 is 2.00 bits per heavy atom. The van der Waals surface area contributed by atoms with Crippen molar-refractivity contribution in [2.24, 2.45) is 10.9 Å². The molecule has 120 valence electrons. The first-order chi connectivity index (χ1) is 10.9. The van der Waals surface area contributed by atoms with E-state index in [0.717, 1.165) is 12.1 Å². The van der Waals surface area contributed by atoms with Crippen LogP contribution in [0.25, 0.3) is 0 Å². The zero-order chi connectivity index (χ0) is 17.1. The van der Waals surface area contributed by atoms with Gasteiger partial charge in [-0.05, 0) is 31.5 Å². The number of aliphatic imine (C=N–C) groups is 1. The van der Waals surface area contributed by atoms with E-state index in [4.69, 9.17) is 4.74 Å². The van der Waals surface area contributed by atoms with Crippen LogP contribution >= 0.6 is 0 Å². The molecule has 3 amide bonds. The lowest BCUT2D eigenvalue weighted by atomic mass is 9.88. The topological polar surface area (TPSA) is 82.8 Å². The Kier molecular flexibility index (Phi) is 4.69. The number of imide groups is 1. The van der Waals surface area contributed by atoms with E-state index in [2.05, 4.69) is 4.99 Å². The van der Waals surface area contributed by atoms with Crippen LogP contribution in [0.5, 0.6) is 0 Å². The third-order valence-corrected chi connectivity index (χ3v) is 3.35. The molecule has 0 fully saturated rings. The Morgan fingerprint density at radius 1 is 1.39 bits per heavy atom. The zero-order valence-corrected chi connectivity index (χ0v) is 12.4. The first-order valence-electron chi connectivity index (χ1n) is 6.79. The molecule has 0 N–H and O–H groups in total. The van der Waals surface area contributed by atoms with Crippen LogP contribution < -0.4 is 0 Å². The predicted molar refractivity (Wildman–Crippen MR) is 75.6 cm³/mol. The van der Waals surface area contributed by atoms with Crippen LogP contribution in [-0.4, -0.2) is 29.3 Å². The van der Waals surface area contributed by atoms with Gasteiger partial charge in [0.05, 0.1) is 18.7 Å². The summed E-state index contributed by atoms with van der Waals surface area (Å²) >= 11 is 0. The van der Waals surface area contributed by atoms with Crippen molar-refractivity contribution in [1.82, 2.24) is 4.90 Å². The number of hydrogen-bond acceptors (Lipinski definition) is 4. The summed E-state index contributed by atoms with van der Waals surface area (Å²) in [4.78, 5) is 28.4. The average Bonchev–Trinajstić information content (AvgIpc) is 2.45. The number of hydrogen-bond donors (Lipinski definition) is 0. The van der Waals surface area contributed by atoms with Gasteiger partial charge in [0.25, 0.3) is 0 Å². The largest absolute Gasteiger partial charge is 0.449 e. The summed E-state index contributed by atoms with van der Waals surface area (Å²) in [5, 5.41) is 9.34. The quantitative estimate of drug-likeness (QED) is 0.837. The summed E-state index contributed by atoms with van der Waals surface area (Å²) in [5.74, 6) is -2.79. The van der Waals surface area contributed by atoms with Crippen LogP contribution in [0.1, 0.15) is 25.5 Å². The van der Waals surface area contributed by atoms with Crippen LogP contribution in [0.4, 0.5) is 18.4 Å². The van der Waals surface area contributed by atoms with Gasteiger partial charge in [-0.15, -0.1) is 0 Å². The van der Waals surface area contributed by atoms with E-state index in [0.29, 0.717) is 11.0 Å². The lowest BCUT2D eigenvalue weighted by molar-refractivity contribution is 0.0980. The van der Waals surface area contributed by atoms with Crippen molar-refractivity contribution in [3.8, 4) is 6.07 Å². The number of carbonyl (C=O) groups is 2. The highest BCUT2D eigenvalue weighted by Crippen LogP contribution is 2.35. The SMILES string of the molecule is CCOC(=O)N1C(=O)N=C(C)C(C#N)C1c1cc(F)cc(F)c1. The third kappa shape index (κ3) is 3.18. The molecule has 0 saturated carbocycles. The Bertz CT molecular complexity index is 707. The number of ether oxygens (including phenoxy) is 1. The molecular formula is C15H13F2N3O3. The van der Waals surface area contributed by atoms with Gasteiger partial charge in [-0.2, -0.15) is 5.26 Å². The Morgan fingerprint density at radius 3 is 2.52 bits per heavy atom. The van der Waals surface area contributed by atoms with Crippen LogP contribution in [0, 0.1) is 28.9 Å². The van der Waals surface area contributed by atoms with E-state index in [1.807, 2.05) is 6.07 Å². The number of benzene rings is 1. The van der Waals surface area contributed by atoms with E-state index in [-0.39, 0.29) is 17.9 Å². The number of nitrogens with zero attached hydrogens (tertiary/aromatic N) is 3. The molecule has 23 heavy (non-hydrogen) atoms. The Hall–Kier alpha value is -2.82. The second-order valence-corrected chi connectivity index (χ2v) is 4.86. The minimum atomic E-state index is -1.21. The minimum absolute atomic E-state index is 0.00718. The monoisotopic (exact) mass is 321 g/mol. The molecule has 0 aromatic heterocycles. The second-order valence-electron chi connectivity index (χ2n) is 4.86. The van der Waals surface area contributed by atoms with Crippen molar-refractivity contribution in [3.63, 3.8) is 0 Å². The molecular weight excluding hydrogens is 308 g/mol. The lowest BCUT2D eigenvalue weighted by Gasteiger charge is -2.34. The van der Waals surface area contributed by atoms with E-state index < -0.39 is 35.7 Å². The smallest absolute Gasteiger partial charge is 0.418 e. The van der Waals surface area contributed by atoms with E-state index >= 15 is 0 Å². The first kappa shape index (κ1) is 16.5. The van der Waals surface area contributed by atoms with Gasteiger partial charge in [0.2, 0.25) is 0 Å². The van der Waals surface area contributed by atoms with Crippen molar-refractivity contribution < 1.29 is 23.1 Å². The molecule has 1 aromatic rings. The number of amides is 3. The standard InChI is InChI=1S/C15H13F2N3O3/c1-3-23-15(22)20-13(9-4-10(16)6-11(17)5-9)12(7-18)8(2)19-14(20)21/h4-6,12-13H,3H2,1-2H3. The van der Waals surface area contributed by atoms with E-state index in [1.54, 1.807) is 6.92 Å². The predicted octanol–water partition coefficient (Wildman–Crippen LogP) is 3.20. The molecule has 1 aromatic carbocycles. The fraction of sp³-hybridized carbons (Fsp3) is 0.333. The van der Waals surface area contributed by atoms with Crippen LogP contribution in [0.15, 0.2) is 23.2 Å². The molecule has 2 unspecified atom stereocenters. The third-order valence-electron chi connectivity index (χ3n) is 3.35. The van der Waals surface area contributed by atoms with Gasteiger partial charge in [-0.3, -0.25) is 0 Å². The summed E-state index contributed by atoms with van der Waals surface area (Å²) in [6.45, 7) is 2.98. The molecule has 1 heterocycles. The van der Waals surface area contributed by atoms with Crippen molar-refractivity contribution in [3.05, 3.63) is 35.4 Å². The molecule has 1 aliphatic heterocycles. The highest BCUT2D eigenvalue weighted by molar-refractivity contribution is 6.04. The van der Waals surface area contributed by atoms with Gasteiger partial charge in [0.1, 0.15) is 17.6 Å². The maximum atomic E-state index is 13.5. The van der Waals surface area contributed by atoms with Crippen molar-refractivity contribution in [2.45, 2.75) is 19.9 Å². The summed E-state index contributed by atoms with van der Waals surface area (Å²) in [5.41, 5.74) is 0.137. The van der Waals surface area contributed by atoms with Gasteiger partial charge in [0, 0.05) is 11.8 Å². The van der Waals surface area contributed by atoms with E-state index in [9.17, 15) is 23.6 Å². The zero-order valence-electron chi connectivity index (χ0n) is 12.4. The summed E-state index contributed by atoms with van der Waals surface area (Å²) in [6.07, 6.45) is -1.02. The van der Waals surface area contributed by atoms with Crippen LogP contribution in [-0.2, 0) is 4.74 Å². The molecule has 1 aliphatic rings. The number of carbonyl (C=O) groups excluding carboxylic acids is 2. The first-order valence-corrected chi connectivity index (χ1v) is 6.79. The van der Waals surface area contributed by atoms with Gasteiger partial charge >= 0.3 is 12.1 Å². The molecule has 0 spiro atoms. The molecule has 8 heteroatoms. The molecule has 2 rings (SSSR count). The molecule has 0 bridgehead atoms. The molecule has 0 saturated heterocycles. The molecule has 0 aliphatic carbocycles. The molecule has 0 radical (unpaired) electrons. The maximum Gasteiger partial charge on any atom is 0.418 e. The minimum Gasteiger partial charge on any atom is -0.449 e. The number of rotatable bonds is 2. The van der Waals surface area contributed by atoms with Crippen molar-refractivity contribution in [1.29, 1.82) is 5.26 Å². The number of nitriles is 1. The normalized spacial score (nSPS) is 20.7. The number of urea groups is 1. The van der Waals surface area contributed by atoms with Crippen LogP contribution in [0.3, 0.4) is 0 Å². The van der Waals surface area contributed by atoms with Crippen molar-refractivity contribution in [2.75, 3.05) is 6.61 Å². The van der Waals surface area contributed by atoms with Gasteiger partial charge in [-0.1, -0.05) is 0 Å². The fourth-order valence-corrected chi connectivity index (χ4v) is 2.41. The fourth-order valence-electron chi connectivity index (χ4n) is 2.41. The molecule has 2 atom stereocenters. The maximum absolute atomic E-state index is 13.5. The summed E-state index contributed by atoms with van der Waals surface area (Å²) in [7, 11) is 0. The van der Waals surface area contributed by atoms with Crippen molar-refractivity contribution >= 4 is 17.8 Å². The number of halogens is 2. The lowest BCUT2D eigenvalue weighted by Crippen LogP contribution is -2.47. The highest BCUT2D eigenvalue weighted by Gasteiger charge is 2.43.